The zero-order valence-corrected chi connectivity index (χ0v) is 15.6. The van der Waals surface area contributed by atoms with E-state index in [-0.39, 0.29) is 23.8 Å². The fourth-order valence-corrected chi connectivity index (χ4v) is 4.58. The number of carbonyl (C=O) groups excluding carboxylic acids is 2. The van der Waals surface area contributed by atoms with Crippen LogP contribution in [0.4, 0.5) is 5.69 Å². The van der Waals surface area contributed by atoms with E-state index in [2.05, 4.69) is 15.6 Å². The molecule has 0 saturated carbocycles. The molecular formula is C19H18N4O3S. The SMILES string of the molecule is CC(=O)Nc1ccc(C(=O)Cn2nnc3sc4c(c3c2=O)CCCC4)cc1. The zero-order valence-electron chi connectivity index (χ0n) is 14.8. The van der Waals surface area contributed by atoms with Gasteiger partial charge in [-0.2, -0.15) is 0 Å². The first-order valence-electron chi connectivity index (χ1n) is 8.82. The first-order valence-corrected chi connectivity index (χ1v) is 9.63. The standard InChI is InChI=1S/C19H18N4O3S/c1-11(24)20-13-8-6-12(7-9-13)15(25)10-23-19(26)17-14-4-2-3-5-16(14)27-18(17)21-22-23/h6-9H,2-5,10H2,1H3,(H,20,24). The molecule has 0 bridgehead atoms. The molecule has 1 N–H and O–H groups in total. The Balaban J connectivity index is 1.61. The van der Waals surface area contributed by atoms with Crippen molar-refractivity contribution in [2.45, 2.75) is 39.2 Å². The van der Waals surface area contributed by atoms with Crippen LogP contribution in [0.5, 0.6) is 0 Å². The molecule has 0 saturated heterocycles. The third-order valence-corrected chi connectivity index (χ3v) is 5.84. The van der Waals surface area contributed by atoms with Gasteiger partial charge in [-0.25, -0.2) is 4.68 Å². The summed E-state index contributed by atoms with van der Waals surface area (Å²) in [6.45, 7) is 1.26. The second kappa shape index (κ2) is 7.03. The van der Waals surface area contributed by atoms with Crippen LogP contribution < -0.4 is 10.9 Å². The Hall–Kier alpha value is -2.87. The normalized spacial score (nSPS) is 13.4. The number of rotatable bonds is 4. The molecule has 1 aliphatic rings. The third-order valence-electron chi connectivity index (χ3n) is 4.67. The minimum atomic E-state index is -0.248. The monoisotopic (exact) mass is 382 g/mol. The van der Waals surface area contributed by atoms with Crippen molar-refractivity contribution in [3.8, 4) is 0 Å². The van der Waals surface area contributed by atoms with Crippen LogP contribution in [0.25, 0.3) is 10.2 Å². The number of thiophene rings is 1. The number of ketones is 1. The Morgan fingerprint density at radius 1 is 1.19 bits per heavy atom. The number of carbonyl (C=O) groups is 2. The number of Topliss-reactive ketones (excluding diaryl/α,β-unsaturated/α-hetero) is 1. The van der Waals surface area contributed by atoms with Crippen LogP contribution >= 0.6 is 11.3 Å². The van der Waals surface area contributed by atoms with Crippen molar-refractivity contribution >= 4 is 38.9 Å². The summed E-state index contributed by atoms with van der Waals surface area (Å²) in [4.78, 5) is 38.4. The van der Waals surface area contributed by atoms with Gasteiger partial charge < -0.3 is 5.32 Å². The number of nitrogens with zero attached hydrogens (tertiary/aromatic N) is 3. The molecule has 138 valence electrons. The number of benzene rings is 1. The fourth-order valence-electron chi connectivity index (χ4n) is 3.38. The second-order valence-corrected chi connectivity index (χ2v) is 7.71. The Labute approximate surface area is 159 Å². The van der Waals surface area contributed by atoms with Gasteiger partial charge in [-0.05, 0) is 55.5 Å². The number of aryl methyl sites for hydroxylation is 2. The zero-order chi connectivity index (χ0) is 19.0. The molecule has 3 aromatic rings. The van der Waals surface area contributed by atoms with E-state index in [1.54, 1.807) is 24.3 Å². The van der Waals surface area contributed by atoms with Gasteiger partial charge in [-0.1, -0.05) is 5.21 Å². The summed E-state index contributed by atoms with van der Waals surface area (Å²) in [5, 5.41) is 11.4. The van der Waals surface area contributed by atoms with E-state index in [0.29, 0.717) is 21.5 Å². The maximum atomic E-state index is 12.9. The predicted molar refractivity (Wildman–Crippen MR) is 103 cm³/mol. The Morgan fingerprint density at radius 3 is 2.67 bits per heavy atom. The van der Waals surface area contributed by atoms with Gasteiger partial charge in [0.25, 0.3) is 5.56 Å². The summed E-state index contributed by atoms with van der Waals surface area (Å²) >= 11 is 1.54. The Bertz CT molecular complexity index is 1100. The van der Waals surface area contributed by atoms with Crippen molar-refractivity contribution in [2.75, 3.05) is 5.32 Å². The van der Waals surface area contributed by atoms with Gasteiger partial charge in [0.15, 0.2) is 10.6 Å². The van der Waals surface area contributed by atoms with E-state index in [9.17, 15) is 14.4 Å². The molecular weight excluding hydrogens is 364 g/mol. The van der Waals surface area contributed by atoms with Gasteiger partial charge in [-0.15, -0.1) is 16.4 Å². The smallest absolute Gasteiger partial charge is 0.279 e. The first-order chi connectivity index (χ1) is 13.0. The molecule has 2 aromatic heterocycles. The Morgan fingerprint density at radius 2 is 1.93 bits per heavy atom. The van der Waals surface area contributed by atoms with Gasteiger partial charge in [0, 0.05) is 23.1 Å². The number of hydrogen-bond donors (Lipinski definition) is 1. The average molecular weight is 382 g/mol. The minimum absolute atomic E-state index is 0.161. The molecule has 7 nitrogen and oxygen atoms in total. The lowest BCUT2D eigenvalue weighted by Crippen LogP contribution is -2.28. The van der Waals surface area contributed by atoms with E-state index < -0.39 is 0 Å². The van der Waals surface area contributed by atoms with Gasteiger partial charge in [0.1, 0.15) is 6.54 Å². The molecule has 0 aliphatic heterocycles. The van der Waals surface area contributed by atoms with Crippen molar-refractivity contribution in [3.05, 3.63) is 50.6 Å². The lowest BCUT2D eigenvalue weighted by Gasteiger charge is -2.10. The maximum absolute atomic E-state index is 12.9. The average Bonchev–Trinajstić information content (AvgIpc) is 3.03. The molecule has 1 aromatic carbocycles. The van der Waals surface area contributed by atoms with Crippen LogP contribution in [0.3, 0.4) is 0 Å². The number of fused-ring (bicyclic) bond motifs is 3. The molecule has 2 heterocycles. The molecule has 1 amide bonds. The van der Waals surface area contributed by atoms with Crippen LogP contribution in [0.1, 0.15) is 40.6 Å². The van der Waals surface area contributed by atoms with Gasteiger partial charge >= 0.3 is 0 Å². The number of nitrogens with one attached hydrogen (secondary N) is 1. The molecule has 0 fully saturated rings. The van der Waals surface area contributed by atoms with Crippen molar-refractivity contribution < 1.29 is 9.59 Å². The highest BCUT2D eigenvalue weighted by atomic mass is 32.1. The lowest BCUT2D eigenvalue weighted by molar-refractivity contribution is -0.114. The molecule has 0 unspecified atom stereocenters. The van der Waals surface area contributed by atoms with Crippen molar-refractivity contribution in [1.29, 1.82) is 0 Å². The van der Waals surface area contributed by atoms with Gasteiger partial charge in [0.2, 0.25) is 5.91 Å². The van der Waals surface area contributed by atoms with Crippen LogP contribution in [0, 0.1) is 0 Å². The number of aromatic nitrogens is 3. The van der Waals surface area contributed by atoms with E-state index in [1.807, 2.05) is 0 Å². The highest BCUT2D eigenvalue weighted by Crippen LogP contribution is 2.33. The summed E-state index contributed by atoms with van der Waals surface area (Å²) in [6.07, 6.45) is 4.07. The summed E-state index contributed by atoms with van der Waals surface area (Å²) in [5.74, 6) is -0.410. The summed E-state index contributed by atoms with van der Waals surface area (Å²) in [7, 11) is 0. The minimum Gasteiger partial charge on any atom is -0.326 e. The van der Waals surface area contributed by atoms with E-state index >= 15 is 0 Å². The predicted octanol–water partition coefficient (Wildman–Crippen LogP) is 2.57. The maximum Gasteiger partial charge on any atom is 0.279 e. The van der Waals surface area contributed by atoms with E-state index in [1.165, 1.54) is 23.1 Å². The van der Waals surface area contributed by atoms with Gasteiger partial charge in [-0.3, -0.25) is 14.4 Å². The Kier molecular flexibility index (Phi) is 4.57. The highest BCUT2D eigenvalue weighted by molar-refractivity contribution is 7.18. The highest BCUT2D eigenvalue weighted by Gasteiger charge is 2.21. The van der Waals surface area contributed by atoms with Crippen LogP contribution in [-0.4, -0.2) is 26.7 Å². The molecule has 4 rings (SSSR count). The summed E-state index contributed by atoms with van der Waals surface area (Å²) in [6, 6.07) is 6.55. The topological polar surface area (TPSA) is 93.9 Å². The summed E-state index contributed by atoms with van der Waals surface area (Å²) in [5.41, 5.74) is 1.90. The molecule has 0 radical (unpaired) electrons. The molecule has 0 atom stereocenters. The molecule has 0 spiro atoms. The molecule has 1 aliphatic carbocycles. The van der Waals surface area contributed by atoms with Crippen LogP contribution in [0.15, 0.2) is 29.1 Å². The largest absolute Gasteiger partial charge is 0.326 e. The van der Waals surface area contributed by atoms with E-state index in [4.69, 9.17) is 0 Å². The quantitative estimate of drug-likeness (QED) is 0.700. The van der Waals surface area contributed by atoms with Crippen molar-refractivity contribution in [2.24, 2.45) is 0 Å². The number of amides is 1. The third kappa shape index (κ3) is 3.40. The number of hydrogen-bond acceptors (Lipinski definition) is 6. The second-order valence-electron chi connectivity index (χ2n) is 6.63. The van der Waals surface area contributed by atoms with E-state index in [0.717, 1.165) is 35.9 Å². The fraction of sp³-hybridized carbons (Fsp3) is 0.316. The van der Waals surface area contributed by atoms with Crippen LogP contribution in [-0.2, 0) is 24.2 Å². The van der Waals surface area contributed by atoms with Crippen molar-refractivity contribution in [3.63, 3.8) is 0 Å². The van der Waals surface area contributed by atoms with Gasteiger partial charge in [0.05, 0.1) is 5.39 Å². The summed E-state index contributed by atoms with van der Waals surface area (Å²) < 4.78 is 1.15. The van der Waals surface area contributed by atoms with Crippen LogP contribution in [0.2, 0.25) is 0 Å². The first kappa shape index (κ1) is 17.5. The molecule has 8 heteroatoms. The lowest BCUT2D eigenvalue weighted by atomic mass is 9.97. The van der Waals surface area contributed by atoms with Crippen molar-refractivity contribution in [1.82, 2.24) is 15.0 Å². The number of anilines is 1. The molecule has 27 heavy (non-hydrogen) atoms.